The largest absolute Gasteiger partial charge is 0.339 e. The van der Waals surface area contributed by atoms with Gasteiger partial charge in [0.2, 0.25) is 0 Å². The highest BCUT2D eigenvalue weighted by Gasteiger charge is 2.29. The van der Waals surface area contributed by atoms with E-state index in [0.29, 0.717) is 18.0 Å². The van der Waals surface area contributed by atoms with E-state index in [1.54, 1.807) is 11.8 Å². The number of thiol groups is 1. The maximum atomic E-state index is 5.86. The number of likely N-dealkylation sites (tertiary alicyclic amines) is 1. The lowest BCUT2D eigenvalue weighted by Crippen LogP contribution is -2.35. The molecule has 1 heterocycles. The zero-order valence-corrected chi connectivity index (χ0v) is 29.7. The highest BCUT2D eigenvalue weighted by atomic mass is 32.2. The van der Waals surface area contributed by atoms with E-state index < -0.39 is 0 Å². The molecule has 234 valence electrons. The Balaban J connectivity index is 0.000000448. The second-order valence-corrected chi connectivity index (χ2v) is 13.6. The van der Waals surface area contributed by atoms with Crippen molar-refractivity contribution in [3.05, 3.63) is 77.5 Å². The van der Waals surface area contributed by atoms with Gasteiger partial charge < -0.3 is 5.32 Å². The standard InChI is InChI=1S/C26H42BN3S.C11H14S/c1-6-7-8-9-11-20(2)18-21(3)29-26(31-5)28-19-25-12-10-17-30(25)22(4)23-13-15-24(27)16-14-23;1-7(2)10-5-8(3)9(4)11(12)6-10/h13-16,20,22,25H,3,6-12,17-19H2,1-2,4-5H3,(H,28,29);5-6,12H,1H2,2-4H3. The van der Waals surface area contributed by atoms with Gasteiger partial charge >= 0.3 is 0 Å². The first-order valence-electron chi connectivity index (χ1n) is 16.1. The lowest BCUT2D eigenvalue weighted by Gasteiger charge is -2.30. The molecule has 2 radical (unpaired) electrons. The van der Waals surface area contributed by atoms with Crippen LogP contribution in [0.15, 0.2) is 65.1 Å². The molecule has 3 rings (SSSR count). The average Bonchev–Trinajstić information content (AvgIpc) is 3.45. The lowest BCUT2D eigenvalue weighted by atomic mass is 9.93. The molecule has 0 saturated carbocycles. The van der Waals surface area contributed by atoms with Crippen LogP contribution in [0.2, 0.25) is 0 Å². The molecule has 0 aromatic heterocycles. The fourth-order valence-corrected chi connectivity index (χ4v) is 6.37. The van der Waals surface area contributed by atoms with Crippen molar-refractivity contribution in [3.63, 3.8) is 0 Å². The summed E-state index contributed by atoms with van der Waals surface area (Å²) in [4.78, 5) is 8.59. The number of rotatable bonds is 13. The molecular formula is C37H56BN3S2. The Morgan fingerprint density at radius 1 is 1.14 bits per heavy atom. The molecule has 1 fully saturated rings. The Labute approximate surface area is 275 Å². The molecule has 2 aromatic carbocycles. The normalized spacial score (nSPS) is 16.7. The van der Waals surface area contributed by atoms with Crippen molar-refractivity contribution >= 4 is 48.4 Å². The van der Waals surface area contributed by atoms with Gasteiger partial charge in [0, 0.05) is 22.7 Å². The van der Waals surface area contributed by atoms with Crippen molar-refractivity contribution < 1.29 is 0 Å². The van der Waals surface area contributed by atoms with Crippen molar-refractivity contribution in [2.45, 2.75) is 110 Å². The molecule has 3 unspecified atom stereocenters. The fourth-order valence-electron chi connectivity index (χ4n) is 5.60. The van der Waals surface area contributed by atoms with Crippen LogP contribution in [0.1, 0.15) is 107 Å². The van der Waals surface area contributed by atoms with Gasteiger partial charge in [-0.05, 0) is 94.0 Å². The number of hydrogen-bond donors (Lipinski definition) is 2. The number of hydrogen-bond acceptors (Lipinski definition) is 4. The number of thioether (sulfide) groups is 1. The molecule has 3 atom stereocenters. The third kappa shape index (κ3) is 12.9. The maximum absolute atomic E-state index is 5.86. The molecule has 1 saturated heterocycles. The third-order valence-electron chi connectivity index (χ3n) is 8.54. The molecule has 6 heteroatoms. The Bertz CT molecular complexity index is 1170. The van der Waals surface area contributed by atoms with E-state index in [1.165, 1.54) is 67.2 Å². The summed E-state index contributed by atoms with van der Waals surface area (Å²) in [6.07, 6.45) is 12.2. The van der Waals surface area contributed by atoms with Gasteiger partial charge in [-0.15, -0.1) is 12.6 Å². The van der Waals surface area contributed by atoms with Gasteiger partial charge in [0.15, 0.2) is 5.17 Å². The van der Waals surface area contributed by atoms with Crippen LogP contribution in [0.4, 0.5) is 0 Å². The van der Waals surface area contributed by atoms with Gasteiger partial charge in [-0.3, -0.25) is 9.89 Å². The van der Waals surface area contributed by atoms with Crippen molar-refractivity contribution in [2.24, 2.45) is 10.9 Å². The first-order valence-corrected chi connectivity index (χ1v) is 17.7. The molecule has 0 amide bonds. The predicted molar refractivity (Wildman–Crippen MR) is 198 cm³/mol. The molecule has 3 nitrogen and oxygen atoms in total. The summed E-state index contributed by atoms with van der Waals surface area (Å²) in [7, 11) is 5.86. The van der Waals surface area contributed by atoms with Gasteiger partial charge in [-0.1, -0.05) is 112 Å². The van der Waals surface area contributed by atoms with Crippen molar-refractivity contribution in [2.75, 3.05) is 19.3 Å². The summed E-state index contributed by atoms with van der Waals surface area (Å²) in [5.74, 6) is 0.672. The highest BCUT2D eigenvalue weighted by Crippen LogP contribution is 2.29. The number of unbranched alkanes of at least 4 members (excludes halogenated alkanes) is 3. The SMILES string of the molecule is C=C(C)c1cc(C)c(C)c(S)c1.[B]c1ccc(C(C)N2CCCC2CN=C(NC(=C)CC(C)CCCCCC)SC)cc1. The summed E-state index contributed by atoms with van der Waals surface area (Å²) in [6, 6.07) is 13.4. The summed E-state index contributed by atoms with van der Waals surface area (Å²) >= 11 is 6.08. The number of nitrogens with one attached hydrogen (secondary N) is 1. The molecule has 1 aliphatic rings. The molecule has 0 spiro atoms. The van der Waals surface area contributed by atoms with Crippen LogP contribution in [0.5, 0.6) is 0 Å². The summed E-state index contributed by atoms with van der Waals surface area (Å²) in [5.41, 5.74) is 8.05. The van der Waals surface area contributed by atoms with E-state index in [-0.39, 0.29) is 0 Å². The van der Waals surface area contributed by atoms with Gasteiger partial charge in [-0.2, -0.15) is 0 Å². The van der Waals surface area contributed by atoms with Crippen molar-refractivity contribution in [3.8, 4) is 0 Å². The van der Waals surface area contributed by atoms with Crippen molar-refractivity contribution in [1.29, 1.82) is 0 Å². The number of benzene rings is 2. The molecule has 43 heavy (non-hydrogen) atoms. The van der Waals surface area contributed by atoms with Gasteiger partial charge in [-0.25, -0.2) is 0 Å². The number of amidine groups is 1. The molecular weight excluding hydrogens is 561 g/mol. The quantitative estimate of drug-likeness (QED) is 0.0771. The zero-order chi connectivity index (χ0) is 31.9. The van der Waals surface area contributed by atoms with E-state index in [0.717, 1.165) is 46.3 Å². The second kappa shape index (κ2) is 19.5. The minimum absolute atomic E-state index is 0.387. The molecule has 1 aliphatic heterocycles. The molecule has 0 bridgehead atoms. The number of nitrogens with zero attached hydrogens (tertiary/aromatic N) is 2. The number of aliphatic imine (C=N–C) groups is 1. The maximum Gasteiger partial charge on any atom is 0.160 e. The predicted octanol–water partition coefficient (Wildman–Crippen LogP) is 9.45. The first kappa shape index (κ1) is 37.3. The van der Waals surface area contributed by atoms with E-state index in [1.807, 2.05) is 19.1 Å². The highest BCUT2D eigenvalue weighted by molar-refractivity contribution is 8.13. The second-order valence-electron chi connectivity index (χ2n) is 12.3. The monoisotopic (exact) mass is 617 g/mol. The lowest BCUT2D eigenvalue weighted by molar-refractivity contribution is 0.197. The van der Waals surface area contributed by atoms with Gasteiger partial charge in [0.05, 0.1) is 6.54 Å². The summed E-state index contributed by atoms with van der Waals surface area (Å²) < 4.78 is 0. The van der Waals surface area contributed by atoms with Crippen LogP contribution < -0.4 is 10.8 Å². The molecule has 1 N–H and O–H groups in total. The molecule has 0 aliphatic carbocycles. The minimum atomic E-state index is 0.387. The van der Waals surface area contributed by atoms with Crippen molar-refractivity contribution in [1.82, 2.24) is 10.2 Å². The topological polar surface area (TPSA) is 27.6 Å². The Hall–Kier alpha value is -1.89. The number of aryl methyl sites for hydroxylation is 1. The van der Waals surface area contributed by atoms with Crippen LogP contribution in [0, 0.1) is 19.8 Å². The van der Waals surface area contributed by atoms with E-state index in [2.05, 4.69) is 101 Å². The van der Waals surface area contributed by atoms with Crippen LogP contribution in [-0.2, 0) is 0 Å². The van der Waals surface area contributed by atoms with E-state index >= 15 is 0 Å². The van der Waals surface area contributed by atoms with E-state index in [4.69, 9.17) is 12.8 Å². The molecule has 2 aromatic rings. The van der Waals surface area contributed by atoms with Crippen LogP contribution >= 0.6 is 24.4 Å². The van der Waals surface area contributed by atoms with Gasteiger partial charge in [0.1, 0.15) is 7.85 Å². The summed E-state index contributed by atoms with van der Waals surface area (Å²) in [5, 5.41) is 4.49. The van der Waals surface area contributed by atoms with Crippen LogP contribution in [0.25, 0.3) is 5.57 Å². The van der Waals surface area contributed by atoms with Crippen LogP contribution in [0.3, 0.4) is 0 Å². The Morgan fingerprint density at radius 2 is 1.84 bits per heavy atom. The minimum Gasteiger partial charge on any atom is -0.339 e. The van der Waals surface area contributed by atoms with E-state index in [9.17, 15) is 0 Å². The number of allylic oxidation sites excluding steroid dienone is 2. The zero-order valence-electron chi connectivity index (χ0n) is 28.0. The third-order valence-corrected chi connectivity index (χ3v) is 9.62. The van der Waals surface area contributed by atoms with Gasteiger partial charge in [0.25, 0.3) is 0 Å². The Morgan fingerprint density at radius 3 is 2.44 bits per heavy atom. The average molecular weight is 618 g/mol. The first-order chi connectivity index (χ1) is 20.5. The van der Waals surface area contributed by atoms with Crippen LogP contribution in [-0.4, -0.2) is 43.3 Å². The summed E-state index contributed by atoms with van der Waals surface area (Å²) in [6.45, 7) is 23.2. The Kier molecular flexibility index (Phi) is 16.9. The smallest absolute Gasteiger partial charge is 0.160 e. The fraction of sp³-hybridized carbons (Fsp3) is 0.541.